The molecule has 0 heterocycles. The first-order valence-corrected chi connectivity index (χ1v) is 12.7. The van der Waals surface area contributed by atoms with Crippen molar-refractivity contribution in [2.45, 2.75) is 77.6 Å². The monoisotopic (exact) mass is 450 g/mol. The van der Waals surface area contributed by atoms with Crippen LogP contribution in [-0.4, -0.2) is 13.0 Å². The van der Waals surface area contributed by atoms with Gasteiger partial charge in [0.2, 0.25) is 0 Å². The van der Waals surface area contributed by atoms with E-state index in [4.69, 9.17) is 0 Å². The van der Waals surface area contributed by atoms with Crippen molar-refractivity contribution in [3.8, 4) is 0 Å². The summed E-state index contributed by atoms with van der Waals surface area (Å²) in [6.07, 6.45) is 15.5. The number of hydrogen-bond donors (Lipinski definition) is 0. The number of benzene rings is 2. The van der Waals surface area contributed by atoms with E-state index in [0.717, 1.165) is 12.8 Å². The van der Waals surface area contributed by atoms with Crippen molar-refractivity contribution in [2.24, 2.45) is 0 Å². The van der Waals surface area contributed by atoms with Gasteiger partial charge in [0.15, 0.2) is 0 Å². The molecule has 2 rings (SSSR count). The van der Waals surface area contributed by atoms with Crippen molar-refractivity contribution in [1.82, 2.24) is 0 Å². The summed E-state index contributed by atoms with van der Waals surface area (Å²) in [6.45, 7) is 2.25. The van der Waals surface area contributed by atoms with Crippen LogP contribution in [0.3, 0.4) is 0 Å². The van der Waals surface area contributed by atoms with Crippen LogP contribution in [0.2, 0.25) is 0 Å². The number of hydrogen-bond acceptors (Lipinski definition) is 3. The van der Waals surface area contributed by atoms with Crippen LogP contribution < -0.4 is 29.6 Å². The van der Waals surface area contributed by atoms with E-state index in [1.54, 1.807) is 24.3 Å². The topological polar surface area (TPSA) is 57.2 Å². The van der Waals surface area contributed by atoms with Crippen molar-refractivity contribution in [3.05, 3.63) is 71.3 Å². The fourth-order valence-corrected chi connectivity index (χ4v) is 4.36. The average Bonchev–Trinajstić information content (AvgIpc) is 2.74. The van der Waals surface area contributed by atoms with Crippen LogP contribution in [0.1, 0.15) is 87.8 Å². The molecule has 0 saturated carbocycles. The average molecular weight is 451 g/mol. The summed E-state index contributed by atoms with van der Waals surface area (Å²) in [6, 6.07) is 16.4. The second-order valence-corrected chi connectivity index (χ2v) is 9.35. The van der Waals surface area contributed by atoms with E-state index >= 15 is 0 Å². The molecular formula is C26H35NaO3S. The smallest absolute Gasteiger partial charge is 0.744 e. The van der Waals surface area contributed by atoms with Crippen molar-refractivity contribution in [2.75, 3.05) is 0 Å². The minimum Gasteiger partial charge on any atom is -0.744 e. The molecule has 0 saturated heterocycles. The largest absolute Gasteiger partial charge is 1.00 e. The maximum absolute atomic E-state index is 11.8. The third-order valence-corrected chi connectivity index (χ3v) is 6.32. The van der Waals surface area contributed by atoms with Crippen LogP contribution in [0.15, 0.2) is 54.6 Å². The van der Waals surface area contributed by atoms with E-state index in [1.165, 1.54) is 69.4 Å². The second kappa shape index (κ2) is 15.8. The van der Waals surface area contributed by atoms with Gasteiger partial charge in [-0.15, -0.1) is 0 Å². The van der Waals surface area contributed by atoms with Crippen LogP contribution in [0.5, 0.6) is 0 Å². The molecule has 164 valence electrons. The molecule has 0 fully saturated rings. The van der Waals surface area contributed by atoms with Crippen molar-refractivity contribution in [1.29, 1.82) is 0 Å². The van der Waals surface area contributed by atoms with Gasteiger partial charge in [0.05, 0.1) is 4.91 Å². The third-order valence-electron chi connectivity index (χ3n) is 5.42. The van der Waals surface area contributed by atoms with Gasteiger partial charge in [-0.25, -0.2) is 8.42 Å². The molecule has 0 amide bonds. The van der Waals surface area contributed by atoms with Crippen LogP contribution in [0, 0.1) is 0 Å². The zero-order chi connectivity index (χ0) is 21.7. The molecule has 0 N–H and O–H groups in total. The molecule has 2 aromatic rings. The third kappa shape index (κ3) is 11.5. The normalized spacial score (nSPS) is 11.9. The number of aryl methyl sites for hydroxylation is 1. The van der Waals surface area contributed by atoms with Gasteiger partial charge in [0, 0.05) is 0 Å². The molecule has 0 aliphatic carbocycles. The minimum atomic E-state index is -4.56. The quantitative estimate of drug-likeness (QED) is 0.188. The van der Waals surface area contributed by atoms with Crippen molar-refractivity contribution < 1.29 is 42.5 Å². The van der Waals surface area contributed by atoms with Gasteiger partial charge in [-0.3, -0.25) is 0 Å². The Kier molecular flexibility index (Phi) is 14.4. The van der Waals surface area contributed by atoms with Crippen LogP contribution in [0.25, 0.3) is 11.0 Å². The summed E-state index contributed by atoms with van der Waals surface area (Å²) in [5.74, 6) is 0. The Morgan fingerprint density at radius 2 is 1.29 bits per heavy atom. The minimum absolute atomic E-state index is 0. The standard InChI is InChI=1S/C26H36O3S.Na/c1-2-3-4-5-6-7-8-9-10-12-15-23-18-20-25(21-19-23)26(30(27,28)29)22-24-16-13-11-14-17-24;/h11,13-14,16-22H,2-10,12,15H2,1H3,(H,27,28,29);/q;+1/p-1. The molecule has 5 heteroatoms. The molecular weight excluding hydrogens is 415 g/mol. The summed E-state index contributed by atoms with van der Waals surface area (Å²) in [5, 5.41) is 0. The van der Waals surface area contributed by atoms with Gasteiger partial charge in [-0.05, 0) is 35.6 Å². The van der Waals surface area contributed by atoms with Crippen LogP contribution >= 0.6 is 0 Å². The zero-order valence-corrected chi connectivity index (χ0v) is 22.0. The van der Waals surface area contributed by atoms with E-state index in [1.807, 2.05) is 30.3 Å². The maximum Gasteiger partial charge on any atom is 1.00 e. The molecule has 0 radical (unpaired) electrons. The molecule has 3 nitrogen and oxygen atoms in total. The summed E-state index contributed by atoms with van der Waals surface area (Å²) in [5.41, 5.74) is 2.32. The first kappa shape index (κ1) is 28.1. The first-order chi connectivity index (χ1) is 14.5. The summed E-state index contributed by atoms with van der Waals surface area (Å²) >= 11 is 0. The van der Waals surface area contributed by atoms with Gasteiger partial charge >= 0.3 is 29.6 Å². The molecule has 0 atom stereocenters. The number of rotatable bonds is 14. The van der Waals surface area contributed by atoms with E-state index in [9.17, 15) is 13.0 Å². The molecule has 0 aliphatic heterocycles. The first-order valence-electron chi connectivity index (χ1n) is 11.3. The Labute approximate surface area is 211 Å². The van der Waals surface area contributed by atoms with E-state index in [-0.39, 0.29) is 34.5 Å². The predicted octanol–water partition coefficient (Wildman–Crippen LogP) is 4.20. The Bertz CT molecular complexity index is 859. The van der Waals surface area contributed by atoms with Gasteiger partial charge < -0.3 is 4.55 Å². The van der Waals surface area contributed by atoms with Gasteiger partial charge in [0.25, 0.3) is 0 Å². The van der Waals surface area contributed by atoms with Crippen molar-refractivity contribution >= 4 is 21.1 Å². The van der Waals surface area contributed by atoms with E-state index in [0.29, 0.717) is 11.1 Å². The second-order valence-electron chi connectivity index (χ2n) is 8.00. The number of unbranched alkanes of at least 4 members (excludes halogenated alkanes) is 9. The van der Waals surface area contributed by atoms with Gasteiger partial charge in [-0.2, -0.15) is 0 Å². The van der Waals surface area contributed by atoms with Gasteiger partial charge in [-0.1, -0.05) is 119 Å². The summed E-state index contributed by atoms with van der Waals surface area (Å²) < 4.78 is 35.3. The molecule has 0 aromatic heterocycles. The fraction of sp³-hybridized carbons (Fsp3) is 0.462. The molecule has 0 bridgehead atoms. The summed E-state index contributed by atoms with van der Waals surface area (Å²) in [4.78, 5) is -0.181. The Hall–Kier alpha value is -0.910. The van der Waals surface area contributed by atoms with Crippen LogP contribution in [-0.2, 0) is 16.5 Å². The maximum atomic E-state index is 11.8. The SMILES string of the molecule is CCCCCCCCCCCCc1ccc(C(=Cc2ccccc2)S(=O)(=O)[O-])cc1.[Na+]. The Balaban J connectivity index is 0.00000480. The predicted molar refractivity (Wildman–Crippen MR) is 126 cm³/mol. The Morgan fingerprint density at radius 1 is 0.774 bits per heavy atom. The fourth-order valence-electron chi connectivity index (χ4n) is 3.65. The van der Waals surface area contributed by atoms with Gasteiger partial charge in [0.1, 0.15) is 10.1 Å². The molecule has 0 aliphatic rings. The molecule has 2 aromatic carbocycles. The van der Waals surface area contributed by atoms with Crippen molar-refractivity contribution in [3.63, 3.8) is 0 Å². The zero-order valence-electron chi connectivity index (χ0n) is 19.2. The van der Waals surface area contributed by atoms with E-state index in [2.05, 4.69) is 6.92 Å². The molecule has 31 heavy (non-hydrogen) atoms. The molecule has 0 spiro atoms. The van der Waals surface area contributed by atoms with Crippen LogP contribution in [0.4, 0.5) is 0 Å². The Morgan fingerprint density at radius 3 is 1.81 bits per heavy atom. The molecule has 0 unspecified atom stereocenters. The summed E-state index contributed by atoms with van der Waals surface area (Å²) in [7, 11) is -4.56. The van der Waals surface area contributed by atoms with E-state index < -0.39 is 10.1 Å².